The highest BCUT2D eigenvalue weighted by Crippen LogP contribution is 2.37. The normalized spacial score (nSPS) is 11.3. The Morgan fingerprint density at radius 3 is 2.61 bits per heavy atom. The summed E-state index contributed by atoms with van der Waals surface area (Å²) in [5.74, 6) is 1.42. The number of rotatable bonds is 6. The Balaban J connectivity index is 2.13. The maximum Gasteiger partial charge on any atom is 0.175 e. The number of hydrogen-bond acceptors (Lipinski definition) is 4. The van der Waals surface area contributed by atoms with Crippen molar-refractivity contribution in [3.63, 3.8) is 0 Å². The van der Waals surface area contributed by atoms with Crippen molar-refractivity contribution in [1.82, 2.24) is 10.3 Å². The number of hydrogen-bond donors (Lipinski definition) is 1. The van der Waals surface area contributed by atoms with Gasteiger partial charge in [0, 0.05) is 30.0 Å². The molecular weight excluding hydrogens is 356 g/mol. The Labute approximate surface area is 146 Å². The molecule has 0 spiro atoms. The SMILES string of the molecule is COc1cc(CNC(C)(C)C)cc(Br)c1OCc1cccnc1. The maximum absolute atomic E-state index is 5.91. The molecular formula is C18H23BrN2O2. The van der Waals surface area contributed by atoms with Crippen LogP contribution in [0.4, 0.5) is 0 Å². The van der Waals surface area contributed by atoms with Gasteiger partial charge in [-0.2, -0.15) is 0 Å². The molecule has 2 aromatic rings. The highest BCUT2D eigenvalue weighted by atomic mass is 79.9. The number of halogens is 1. The summed E-state index contributed by atoms with van der Waals surface area (Å²) in [5, 5.41) is 3.47. The predicted octanol–water partition coefficient (Wildman–Crippen LogP) is 4.32. The standard InChI is InChI=1S/C18H23BrN2O2/c1-18(2,3)21-11-14-8-15(19)17(16(9-14)22-4)23-12-13-6-5-7-20-10-13/h5-10,21H,11-12H2,1-4H3. The minimum atomic E-state index is 0.0647. The van der Waals surface area contributed by atoms with Crippen LogP contribution in [-0.2, 0) is 13.2 Å². The van der Waals surface area contributed by atoms with E-state index in [0.717, 1.165) is 22.1 Å². The zero-order valence-electron chi connectivity index (χ0n) is 14.0. The Kier molecular flexibility index (Phi) is 6.02. The van der Waals surface area contributed by atoms with Crippen molar-refractivity contribution in [2.75, 3.05) is 7.11 Å². The van der Waals surface area contributed by atoms with Crippen LogP contribution < -0.4 is 14.8 Å². The van der Waals surface area contributed by atoms with Crippen LogP contribution in [0.25, 0.3) is 0 Å². The van der Waals surface area contributed by atoms with Gasteiger partial charge in [0.05, 0.1) is 11.6 Å². The van der Waals surface area contributed by atoms with Crippen LogP contribution in [0.3, 0.4) is 0 Å². The van der Waals surface area contributed by atoms with Gasteiger partial charge >= 0.3 is 0 Å². The van der Waals surface area contributed by atoms with Crippen LogP contribution >= 0.6 is 15.9 Å². The van der Waals surface area contributed by atoms with Gasteiger partial charge in [-0.3, -0.25) is 4.98 Å². The Bertz CT molecular complexity index is 639. The Morgan fingerprint density at radius 1 is 1.22 bits per heavy atom. The number of benzene rings is 1. The van der Waals surface area contributed by atoms with Crippen molar-refractivity contribution < 1.29 is 9.47 Å². The highest BCUT2D eigenvalue weighted by molar-refractivity contribution is 9.10. The Morgan fingerprint density at radius 2 is 2.00 bits per heavy atom. The first kappa shape index (κ1) is 17.8. The van der Waals surface area contributed by atoms with Gasteiger partial charge in [0.1, 0.15) is 6.61 Å². The van der Waals surface area contributed by atoms with Crippen LogP contribution in [0.5, 0.6) is 11.5 Å². The average Bonchev–Trinajstić information content (AvgIpc) is 2.51. The first-order valence-corrected chi connectivity index (χ1v) is 8.31. The van der Waals surface area contributed by atoms with Gasteiger partial charge in [0.25, 0.3) is 0 Å². The van der Waals surface area contributed by atoms with E-state index in [4.69, 9.17) is 9.47 Å². The van der Waals surface area contributed by atoms with Gasteiger partial charge in [-0.1, -0.05) is 6.07 Å². The molecule has 0 radical (unpaired) electrons. The van der Waals surface area contributed by atoms with Crippen LogP contribution in [0.1, 0.15) is 31.9 Å². The van der Waals surface area contributed by atoms with E-state index >= 15 is 0 Å². The largest absolute Gasteiger partial charge is 0.493 e. The van der Waals surface area contributed by atoms with Crippen molar-refractivity contribution in [2.24, 2.45) is 0 Å². The molecule has 2 rings (SSSR count). The second-order valence-corrected chi connectivity index (χ2v) is 7.22. The van der Waals surface area contributed by atoms with E-state index in [0.29, 0.717) is 18.1 Å². The number of pyridine rings is 1. The topological polar surface area (TPSA) is 43.4 Å². The minimum absolute atomic E-state index is 0.0647. The van der Waals surface area contributed by atoms with Gasteiger partial charge < -0.3 is 14.8 Å². The third-order valence-corrected chi connectivity index (χ3v) is 3.81. The number of ether oxygens (including phenoxy) is 2. The molecule has 1 aromatic heterocycles. The molecule has 23 heavy (non-hydrogen) atoms. The summed E-state index contributed by atoms with van der Waals surface area (Å²) >= 11 is 3.58. The van der Waals surface area contributed by atoms with E-state index < -0.39 is 0 Å². The highest BCUT2D eigenvalue weighted by Gasteiger charge is 2.14. The molecule has 0 saturated heterocycles. The molecule has 0 fully saturated rings. The van der Waals surface area contributed by atoms with Gasteiger partial charge in [0.15, 0.2) is 11.5 Å². The third kappa shape index (κ3) is 5.52. The van der Waals surface area contributed by atoms with E-state index in [9.17, 15) is 0 Å². The summed E-state index contributed by atoms with van der Waals surface area (Å²) in [5.41, 5.74) is 2.21. The lowest BCUT2D eigenvalue weighted by Gasteiger charge is -2.21. The van der Waals surface area contributed by atoms with Crippen LogP contribution in [0.2, 0.25) is 0 Å². The van der Waals surface area contributed by atoms with Gasteiger partial charge in [0.2, 0.25) is 0 Å². The second kappa shape index (κ2) is 7.79. The average molecular weight is 379 g/mol. The summed E-state index contributed by atoms with van der Waals surface area (Å²) in [6.45, 7) is 7.64. The first-order chi connectivity index (χ1) is 10.9. The fraction of sp³-hybridized carbons (Fsp3) is 0.389. The molecule has 124 valence electrons. The van der Waals surface area contributed by atoms with E-state index in [1.807, 2.05) is 18.2 Å². The molecule has 0 aliphatic heterocycles. The van der Waals surface area contributed by atoms with Crippen molar-refractivity contribution in [3.05, 3.63) is 52.3 Å². The molecule has 5 heteroatoms. The fourth-order valence-corrected chi connectivity index (χ4v) is 2.63. The molecule has 0 bridgehead atoms. The Hall–Kier alpha value is -1.59. The van der Waals surface area contributed by atoms with E-state index in [-0.39, 0.29) is 5.54 Å². The summed E-state index contributed by atoms with van der Waals surface area (Å²) in [7, 11) is 1.65. The van der Waals surface area contributed by atoms with Crippen molar-refractivity contribution >= 4 is 15.9 Å². The predicted molar refractivity (Wildman–Crippen MR) is 95.9 cm³/mol. The molecule has 0 unspecified atom stereocenters. The number of aromatic nitrogens is 1. The smallest absolute Gasteiger partial charge is 0.175 e. The van der Waals surface area contributed by atoms with E-state index in [2.05, 4.69) is 53.1 Å². The zero-order valence-corrected chi connectivity index (χ0v) is 15.6. The number of nitrogens with one attached hydrogen (secondary N) is 1. The first-order valence-electron chi connectivity index (χ1n) is 7.52. The van der Waals surface area contributed by atoms with Crippen LogP contribution in [0.15, 0.2) is 41.1 Å². The van der Waals surface area contributed by atoms with Crippen LogP contribution in [0, 0.1) is 0 Å². The summed E-state index contributed by atoms with van der Waals surface area (Å²) in [6, 6.07) is 7.93. The molecule has 0 saturated carbocycles. The molecule has 4 nitrogen and oxygen atoms in total. The fourth-order valence-electron chi connectivity index (χ4n) is 2.02. The summed E-state index contributed by atoms with van der Waals surface area (Å²) in [4.78, 5) is 4.09. The van der Waals surface area contributed by atoms with Gasteiger partial charge in [-0.25, -0.2) is 0 Å². The maximum atomic E-state index is 5.91. The molecule has 0 aliphatic rings. The zero-order chi connectivity index (χ0) is 16.9. The molecule has 1 aromatic carbocycles. The lowest BCUT2D eigenvalue weighted by atomic mass is 10.1. The monoisotopic (exact) mass is 378 g/mol. The summed E-state index contributed by atoms with van der Waals surface area (Å²) in [6.07, 6.45) is 3.54. The van der Waals surface area contributed by atoms with Crippen LogP contribution in [-0.4, -0.2) is 17.6 Å². The third-order valence-electron chi connectivity index (χ3n) is 3.22. The molecule has 0 atom stereocenters. The van der Waals surface area contributed by atoms with Gasteiger partial charge in [-0.15, -0.1) is 0 Å². The van der Waals surface area contributed by atoms with Crippen molar-refractivity contribution in [1.29, 1.82) is 0 Å². The number of methoxy groups -OCH3 is 1. The lowest BCUT2D eigenvalue weighted by Crippen LogP contribution is -2.35. The minimum Gasteiger partial charge on any atom is -0.493 e. The number of nitrogens with zero attached hydrogens (tertiary/aromatic N) is 1. The quantitative estimate of drug-likeness (QED) is 0.812. The molecule has 0 amide bonds. The van der Waals surface area contributed by atoms with E-state index in [1.165, 1.54) is 0 Å². The van der Waals surface area contributed by atoms with E-state index in [1.54, 1.807) is 19.5 Å². The molecule has 1 heterocycles. The van der Waals surface area contributed by atoms with Gasteiger partial charge in [-0.05, 0) is 60.5 Å². The summed E-state index contributed by atoms with van der Waals surface area (Å²) < 4.78 is 12.3. The molecule has 1 N–H and O–H groups in total. The lowest BCUT2D eigenvalue weighted by molar-refractivity contribution is 0.282. The molecule has 0 aliphatic carbocycles. The van der Waals surface area contributed by atoms with Crippen molar-refractivity contribution in [2.45, 2.75) is 39.5 Å². The second-order valence-electron chi connectivity index (χ2n) is 6.36. The van der Waals surface area contributed by atoms with Crippen molar-refractivity contribution in [3.8, 4) is 11.5 Å².